The first-order chi connectivity index (χ1) is 7.54. The maximum atomic E-state index is 9.54. The summed E-state index contributed by atoms with van der Waals surface area (Å²) >= 11 is 0. The van der Waals surface area contributed by atoms with Crippen molar-refractivity contribution in [2.24, 2.45) is 5.92 Å². The summed E-state index contributed by atoms with van der Waals surface area (Å²) in [5.74, 6) is -0.0439. The molecule has 0 amide bonds. The summed E-state index contributed by atoms with van der Waals surface area (Å²) in [6.07, 6.45) is 0.932. The fourth-order valence-electron chi connectivity index (χ4n) is 1.87. The van der Waals surface area contributed by atoms with Crippen molar-refractivity contribution in [2.75, 3.05) is 5.73 Å². The zero-order valence-electron chi connectivity index (χ0n) is 9.90. The zero-order chi connectivity index (χ0) is 12.1. The van der Waals surface area contributed by atoms with Gasteiger partial charge in [0, 0.05) is 23.7 Å². The van der Waals surface area contributed by atoms with Gasteiger partial charge in [-0.15, -0.1) is 0 Å². The van der Waals surface area contributed by atoms with Crippen LogP contribution in [0.4, 0.5) is 5.69 Å². The van der Waals surface area contributed by atoms with E-state index in [4.69, 9.17) is 11.1 Å². The predicted molar refractivity (Wildman–Crippen MR) is 67.7 cm³/mol. The van der Waals surface area contributed by atoms with Gasteiger partial charge >= 0.3 is 0 Å². The lowest BCUT2D eigenvalue weighted by atomic mass is 9.91. The summed E-state index contributed by atoms with van der Waals surface area (Å²) in [7, 11) is 0. The number of nitrogens with two attached hydrogens (primary N) is 1. The molecule has 3 nitrogen and oxygen atoms in total. The average molecular weight is 220 g/mol. The van der Waals surface area contributed by atoms with Gasteiger partial charge in [0.05, 0.1) is 6.10 Å². The SMILES string of the molecule is CCC(C(=N)Cc1ccc(N)cc1)C(C)O. The van der Waals surface area contributed by atoms with Gasteiger partial charge in [-0.1, -0.05) is 19.1 Å². The fourth-order valence-corrected chi connectivity index (χ4v) is 1.87. The molecule has 1 aromatic carbocycles. The molecule has 0 heterocycles. The van der Waals surface area contributed by atoms with E-state index in [9.17, 15) is 5.11 Å². The van der Waals surface area contributed by atoms with E-state index < -0.39 is 6.10 Å². The Morgan fingerprint density at radius 2 is 1.94 bits per heavy atom. The molecular formula is C13H20N2O. The van der Waals surface area contributed by atoms with Crippen LogP contribution >= 0.6 is 0 Å². The Labute approximate surface area is 96.8 Å². The number of rotatable bonds is 5. The Balaban J connectivity index is 2.66. The Kier molecular flexibility index (Phi) is 4.50. The molecule has 0 bridgehead atoms. The third-order valence-electron chi connectivity index (χ3n) is 2.84. The molecular weight excluding hydrogens is 200 g/mol. The molecule has 2 unspecified atom stereocenters. The molecule has 2 atom stereocenters. The Bertz CT molecular complexity index is 343. The Morgan fingerprint density at radius 3 is 2.38 bits per heavy atom. The highest BCUT2D eigenvalue weighted by molar-refractivity contribution is 5.86. The molecule has 88 valence electrons. The third kappa shape index (κ3) is 3.35. The molecule has 0 radical (unpaired) electrons. The molecule has 1 aromatic rings. The first-order valence-electron chi connectivity index (χ1n) is 5.64. The van der Waals surface area contributed by atoms with Gasteiger partial charge in [0.1, 0.15) is 0 Å². The number of hydrogen-bond donors (Lipinski definition) is 3. The van der Waals surface area contributed by atoms with Crippen LogP contribution in [0.2, 0.25) is 0 Å². The highest BCUT2D eigenvalue weighted by Crippen LogP contribution is 2.15. The molecule has 0 saturated carbocycles. The Morgan fingerprint density at radius 1 is 1.38 bits per heavy atom. The molecule has 0 aromatic heterocycles. The minimum atomic E-state index is -0.453. The summed E-state index contributed by atoms with van der Waals surface area (Å²) in [4.78, 5) is 0. The number of anilines is 1. The van der Waals surface area contributed by atoms with Gasteiger partial charge in [0.25, 0.3) is 0 Å². The number of aliphatic hydroxyl groups excluding tert-OH is 1. The first-order valence-corrected chi connectivity index (χ1v) is 5.64. The summed E-state index contributed by atoms with van der Waals surface area (Å²) in [6.45, 7) is 3.74. The fraction of sp³-hybridized carbons (Fsp3) is 0.462. The van der Waals surface area contributed by atoms with Crippen molar-refractivity contribution in [3.8, 4) is 0 Å². The minimum Gasteiger partial charge on any atom is -0.399 e. The summed E-state index contributed by atoms with van der Waals surface area (Å²) in [5.41, 5.74) is 7.99. The minimum absolute atomic E-state index is 0.0439. The van der Waals surface area contributed by atoms with Crippen LogP contribution in [0, 0.1) is 11.3 Å². The molecule has 0 aliphatic carbocycles. The van der Waals surface area contributed by atoms with Crippen molar-refractivity contribution in [1.29, 1.82) is 5.41 Å². The molecule has 0 fully saturated rings. The van der Waals surface area contributed by atoms with Crippen molar-refractivity contribution in [3.05, 3.63) is 29.8 Å². The highest BCUT2D eigenvalue weighted by Gasteiger charge is 2.18. The first kappa shape index (κ1) is 12.7. The van der Waals surface area contributed by atoms with Crippen LogP contribution < -0.4 is 5.73 Å². The van der Waals surface area contributed by atoms with Crippen LogP contribution in [0.3, 0.4) is 0 Å². The molecule has 0 aliphatic heterocycles. The number of hydrogen-bond acceptors (Lipinski definition) is 3. The predicted octanol–water partition coefficient (Wildman–Crippen LogP) is 2.24. The monoisotopic (exact) mass is 220 g/mol. The second-order valence-electron chi connectivity index (χ2n) is 4.20. The van der Waals surface area contributed by atoms with Gasteiger partial charge in [0.2, 0.25) is 0 Å². The van der Waals surface area contributed by atoms with Crippen LogP contribution in [-0.4, -0.2) is 16.9 Å². The van der Waals surface area contributed by atoms with Gasteiger partial charge in [-0.05, 0) is 31.0 Å². The standard InChI is InChI=1S/C13H20N2O/c1-3-12(9(2)16)13(15)8-10-4-6-11(14)7-5-10/h4-7,9,12,15-16H,3,8,14H2,1-2H3. The number of nitrogens with one attached hydrogen (secondary N) is 1. The molecule has 0 aliphatic rings. The van der Waals surface area contributed by atoms with E-state index in [1.807, 2.05) is 31.2 Å². The van der Waals surface area contributed by atoms with Gasteiger partial charge in [-0.2, -0.15) is 0 Å². The van der Waals surface area contributed by atoms with Crippen molar-refractivity contribution >= 4 is 11.4 Å². The van der Waals surface area contributed by atoms with Crippen LogP contribution in [0.1, 0.15) is 25.8 Å². The van der Waals surface area contributed by atoms with Gasteiger partial charge in [0.15, 0.2) is 0 Å². The maximum absolute atomic E-state index is 9.54. The van der Waals surface area contributed by atoms with Crippen LogP contribution in [0.25, 0.3) is 0 Å². The van der Waals surface area contributed by atoms with E-state index in [1.165, 1.54) is 0 Å². The van der Waals surface area contributed by atoms with Gasteiger partial charge < -0.3 is 16.2 Å². The summed E-state index contributed by atoms with van der Waals surface area (Å²) in [5, 5.41) is 17.5. The second kappa shape index (κ2) is 5.66. The molecule has 4 N–H and O–H groups in total. The smallest absolute Gasteiger partial charge is 0.0592 e. The number of benzene rings is 1. The summed E-state index contributed by atoms with van der Waals surface area (Å²) < 4.78 is 0. The third-order valence-corrected chi connectivity index (χ3v) is 2.84. The van der Waals surface area contributed by atoms with Crippen LogP contribution in [0.5, 0.6) is 0 Å². The molecule has 1 rings (SSSR count). The normalized spacial score (nSPS) is 14.4. The lowest BCUT2D eigenvalue weighted by Crippen LogP contribution is -2.26. The van der Waals surface area contributed by atoms with E-state index in [-0.39, 0.29) is 5.92 Å². The van der Waals surface area contributed by atoms with Crippen molar-refractivity contribution in [1.82, 2.24) is 0 Å². The molecule has 16 heavy (non-hydrogen) atoms. The summed E-state index contributed by atoms with van der Waals surface area (Å²) in [6, 6.07) is 7.54. The van der Waals surface area contributed by atoms with E-state index >= 15 is 0 Å². The van der Waals surface area contributed by atoms with Crippen molar-refractivity contribution < 1.29 is 5.11 Å². The number of aliphatic hydroxyl groups is 1. The number of nitrogen functional groups attached to an aromatic ring is 1. The van der Waals surface area contributed by atoms with Crippen molar-refractivity contribution in [3.63, 3.8) is 0 Å². The van der Waals surface area contributed by atoms with Gasteiger partial charge in [-0.3, -0.25) is 0 Å². The average Bonchev–Trinajstić information content (AvgIpc) is 2.22. The molecule has 3 heteroatoms. The van der Waals surface area contributed by atoms with E-state index in [1.54, 1.807) is 6.92 Å². The van der Waals surface area contributed by atoms with E-state index in [0.29, 0.717) is 12.1 Å². The Hall–Kier alpha value is -1.35. The van der Waals surface area contributed by atoms with Crippen molar-refractivity contribution in [2.45, 2.75) is 32.8 Å². The maximum Gasteiger partial charge on any atom is 0.0592 e. The molecule has 0 saturated heterocycles. The second-order valence-corrected chi connectivity index (χ2v) is 4.20. The zero-order valence-corrected chi connectivity index (χ0v) is 9.90. The van der Waals surface area contributed by atoms with E-state index in [2.05, 4.69) is 0 Å². The van der Waals surface area contributed by atoms with Gasteiger partial charge in [-0.25, -0.2) is 0 Å². The lowest BCUT2D eigenvalue weighted by Gasteiger charge is -2.19. The largest absolute Gasteiger partial charge is 0.399 e. The molecule has 0 spiro atoms. The van der Waals surface area contributed by atoms with Crippen LogP contribution in [-0.2, 0) is 6.42 Å². The topological polar surface area (TPSA) is 70.1 Å². The highest BCUT2D eigenvalue weighted by atomic mass is 16.3. The quantitative estimate of drug-likeness (QED) is 0.526. The lowest BCUT2D eigenvalue weighted by molar-refractivity contribution is 0.154. The van der Waals surface area contributed by atoms with Crippen LogP contribution in [0.15, 0.2) is 24.3 Å². The van der Waals surface area contributed by atoms with E-state index in [0.717, 1.165) is 17.7 Å².